The van der Waals surface area contributed by atoms with Crippen molar-refractivity contribution in [1.82, 2.24) is 9.88 Å². The van der Waals surface area contributed by atoms with Gasteiger partial charge in [0.1, 0.15) is 0 Å². The van der Waals surface area contributed by atoms with Gasteiger partial charge in [-0.1, -0.05) is 12.2 Å². The van der Waals surface area contributed by atoms with Gasteiger partial charge in [-0.05, 0) is 19.8 Å². The molecule has 1 saturated carbocycles. The Morgan fingerprint density at radius 2 is 2.44 bits per heavy atom. The van der Waals surface area contributed by atoms with Crippen molar-refractivity contribution in [1.29, 1.82) is 0 Å². The molecule has 0 bridgehead atoms. The maximum Gasteiger partial charge on any atom is 0.0897 e. The lowest BCUT2D eigenvalue weighted by Gasteiger charge is -2.20. The fourth-order valence-electron chi connectivity index (χ4n) is 1.77. The van der Waals surface area contributed by atoms with Crippen LogP contribution in [0.1, 0.15) is 30.0 Å². The van der Waals surface area contributed by atoms with Crippen LogP contribution in [0.15, 0.2) is 5.38 Å². The molecule has 0 spiro atoms. The van der Waals surface area contributed by atoms with E-state index in [0.29, 0.717) is 4.99 Å². The Labute approximate surface area is 106 Å². The van der Waals surface area contributed by atoms with E-state index in [-0.39, 0.29) is 0 Å². The lowest BCUT2D eigenvalue weighted by atomic mass is 10.3. The van der Waals surface area contributed by atoms with Gasteiger partial charge in [-0.3, -0.25) is 4.90 Å². The number of thiazole rings is 1. The Balaban J connectivity index is 1.89. The molecule has 0 unspecified atom stereocenters. The van der Waals surface area contributed by atoms with Crippen molar-refractivity contribution in [3.8, 4) is 0 Å². The molecule has 1 heterocycles. The summed E-state index contributed by atoms with van der Waals surface area (Å²) < 4.78 is 0. The van der Waals surface area contributed by atoms with Crippen LogP contribution in [0.2, 0.25) is 0 Å². The van der Waals surface area contributed by atoms with Crippen molar-refractivity contribution in [3.05, 3.63) is 16.1 Å². The fourth-order valence-corrected chi connectivity index (χ4v) is 2.47. The molecule has 0 amide bonds. The van der Waals surface area contributed by atoms with E-state index in [9.17, 15) is 0 Å². The highest BCUT2D eigenvalue weighted by molar-refractivity contribution is 7.80. The second-order valence-corrected chi connectivity index (χ2v) is 5.86. The zero-order valence-corrected chi connectivity index (χ0v) is 11.1. The topological polar surface area (TPSA) is 42.2 Å². The van der Waals surface area contributed by atoms with Gasteiger partial charge in [-0.2, -0.15) is 0 Å². The molecule has 0 aliphatic heterocycles. The number of thiocarbonyl (C=S) groups is 1. The van der Waals surface area contributed by atoms with Gasteiger partial charge in [0.15, 0.2) is 0 Å². The monoisotopic (exact) mass is 255 g/mol. The second-order valence-electron chi connectivity index (χ2n) is 4.28. The molecule has 16 heavy (non-hydrogen) atoms. The van der Waals surface area contributed by atoms with Crippen LogP contribution < -0.4 is 5.73 Å². The summed E-state index contributed by atoms with van der Waals surface area (Å²) in [4.78, 5) is 7.56. The molecule has 5 heteroatoms. The molecule has 3 nitrogen and oxygen atoms in total. The number of aryl methyl sites for hydroxylation is 1. The van der Waals surface area contributed by atoms with E-state index in [0.717, 1.165) is 30.6 Å². The lowest BCUT2D eigenvalue weighted by Crippen LogP contribution is -2.29. The highest BCUT2D eigenvalue weighted by Gasteiger charge is 2.29. The number of aromatic nitrogens is 1. The Hall–Kier alpha value is -0.520. The van der Waals surface area contributed by atoms with Crippen LogP contribution >= 0.6 is 23.6 Å². The lowest BCUT2D eigenvalue weighted by molar-refractivity contribution is 0.260. The molecule has 1 aromatic rings. The van der Waals surface area contributed by atoms with E-state index in [1.54, 1.807) is 11.3 Å². The highest BCUT2D eigenvalue weighted by Crippen LogP contribution is 2.28. The maximum atomic E-state index is 5.55. The van der Waals surface area contributed by atoms with Gasteiger partial charge < -0.3 is 5.73 Å². The molecular formula is C11H17N3S2. The minimum atomic E-state index is 0.611. The first-order valence-electron chi connectivity index (χ1n) is 5.58. The molecule has 2 rings (SSSR count). The van der Waals surface area contributed by atoms with Crippen LogP contribution in [0.3, 0.4) is 0 Å². The predicted octanol–water partition coefficient (Wildman–Crippen LogP) is 2.09. The Morgan fingerprint density at radius 1 is 1.69 bits per heavy atom. The Bertz CT molecular complexity index is 371. The smallest absolute Gasteiger partial charge is 0.0897 e. The van der Waals surface area contributed by atoms with Crippen LogP contribution in [0.25, 0.3) is 0 Å². The number of rotatable bonds is 6. The Kier molecular flexibility index (Phi) is 3.89. The van der Waals surface area contributed by atoms with Gasteiger partial charge in [0.25, 0.3) is 0 Å². The first-order valence-corrected chi connectivity index (χ1v) is 6.87. The minimum absolute atomic E-state index is 0.611. The third-order valence-electron chi connectivity index (χ3n) is 2.74. The summed E-state index contributed by atoms with van der Waals surface area (Å²) in [5, 5.41) is 3.28. The van der Waals surface area contributed by atoms with Crippen LogP contribution in [-0.2, 0) is 6.54 Å². The summed E-state index contributed by atoms with van der Waals surface area (Å²) in [6, 6.07) is 0.733. The standard InChI is InChI=1S/C11H17N3S2/c1-8-13-9(7-16-8)6-14(10-2-3-10)5-4-11(12)15/h7,10H,2-6H2,1H3,(H2,12,15). The van der Waals surface area contributed by atoms with E-state index >= 15 is 0 Å². The summed E-state index contributed by atoms with van der Waals surface area (Å²) in [7, 11) is 0. The van der Waals surface area contributed by atoms with Gasteiger partial charge in [-0.15, -0.1) is 11.3 Å². The van der Waals surface area contributed by atoms with E-state index < -0.39 is 0 Å². The van der Waals surface area contributed by atoms with Gasteiger partial charge in [0.05, 0.1) is 15.7 Å². The zero-order valence-electron chi connectivity index (χ0n) is 9.48. The van der Waals surface area contributed by atoms with Gasteiger partial charge >= 0.3 is 0 Å². The quantitative estimate of drug-likeness (QED) is 0.790. The first-order chi connectivity index (χ1) is 7.65. The number of nitrogens with zero attached hydrogens (tertiary/aromatic N) is 2. The van der Waals surface area contributed by atoms with Gasteiger partial charge in [0.2, 0.25) is 0 Å². The molecule has 2 N–H and O–H groups in total. The number of hydrogen-bond acceptors (Lipinski definition) is 4. The molecule has 1 fully saturated rings. The third-order valence-corrected chi connectivity index (χ3v) is 3.77. The van der Waals surface area contributed by atoms with Crippen molar-refractivity contribution in [2.45, 2.75) is 38.8 Å². The minimum Gasteiger partial charge on any atom is -0.393 e. The summed E-state index contributed by atoms with van der Waals surface area (Å²) >= 11 is 6.64. The summed E-state index contributed by atoms with van der Waals surface area (Å²) in [6.45, 7) is 3.96. The van der Waals surface area contributed by atoms with Crippen LogP contribution in [0.4, 0.5) is 0 Å². The van der Waals surface area contributed by atoms with Crippen molar-refractivity contribution in [2.24, 2.45) is 5.73 Å². The van der Waals surface area contributed by atoms with E-state index in [4.69, 9.17) is 18.0 Å². The Morgan fingerprint density at radius 3 is 2.94 bits per heavy atom. The van der Waals surface area contributed by atoms with E-state index in [2.05, 4.69) is 15.3 Å². The SMILES string of the molecule is Cc1nc(CN(CCC(N)=S)C2CC2)cs1. The molecular weight excluding hydrogens is 238 g/mol. The summed E-state index contributed by atoms with van der Waals surface area (Å²) in [6.07, 6.45) is 3.43. The second kappa shape index (κ2) is 5.21. The third kappa shape index (κ3) is 3.50. The number of nitrogens with two attached hydrogens (primary N) is 1. The van der Waals surface area contributed by atoms with Crippen molar-refractivity contribution in [2.75, 3.05) is 6.54 Å². The zero-order chi connectivity index (χ0) is 11.5. The van der Waals surface area contributed by atoms with Crippen LogP contribution in [-0.4, -0.2) is 27.5 Å². The van der Waals surface area contributed by atoms with Gasteiger partial charge in [0, 0.05) is 30.9 Å². The van der Waals surface area contributed by atoms with Crippen molar-refractivity contribution < 1.29 is 0 Å². The summed E-state index contributed by atoms with van der Waals surface area (Å²) in [5.41, 5.74) is 6.73. The van der Waals surface area contributed by atoms with Crippen molar-refractivity contribution in [3.63, 3.8) is 0 Å². The summed E-state index contributed by atoms with van der Waals surface area (Å²) in [5.74, 6) is 0. The number of hydrogen-bond donors (Lipinski definition) is 1. The molecule has 1 aromatic heterocycles. The average Bonchev–Trinajstić information content (AvgIpc) is 2.98. The van der Waals surface area contributed by atoms with E-state index in [1.807, 2.05) is 6.92 Å². The molecule has 0 radical (unpaired) electrons. The van der Waals surface area contributed by atoms with Gasteiger partial charge in [-0.25, -0.2) is 4.98 Å². The predicted molar refractivity (Wildman–Crippen MR) is 71.7 cm³/mol. The fraction of sp³-hybridized carbons (Fsp3) is 0.636. The molecule has 0 aromatic carbocycles. The largest absolute Gasteiger partial charge is 0.393 e. The highest BCUT2D eigenvalue weighted by atomic mass is 32.1. The molecule has 1 aliphatic carbocycles. The van der Waals surface area contributed by atoms with Crippen molar-refractivity contribution >= 4 is 28.5 Å². The first kappa shape index (κ1) is 12.0. The maximum absolute atomic E-state index is 5.55. The molecule has 0 saturated heterocycles. The van der Waals surface area contributed by atoms with E-state index in [1.165, 1.54) is 18.5 Å². The van der Waals surface area contributed by atoms with Crippen LogP contribution in [0.5, 0.6) is 0 Å². The van der Waals surface area contributed by atoms with Crippen LogP contribution in [0, 0.1) is 6.92 Å². The average molecular weight is 255 g/mol. The molecule has 88 valence electrons. The molecule has 0 atom stereocenters. The molecule has 1 aliphatic rings. The normalized spacial score (nSPS) is 15.6.